The first kappa shape index (κ1) is 19.0. The molecule has 0 saturated heterocycles. The van der Waals surface area contributed by atoms with Crippen molar-refractivity contribution in [2.75, 3.05) is 7.11 Å². The summed E-state index contributed by atoms with van der Waals surface area (Å²) in [5.41, 5.74) is 2.48. The Morgan fingerprint density at radius 1 is 1.11 bits per heavy atom. The van der Waals surface area contributed by atoms with Gasteiger partial charge in [0.05, 0.1) is 23.7 Å². The van der Waals surface area contributed by atoms with E-state index in [1.54, 1.807) is 30.5 Å². The predicted molar refractivity (Wildman–Crippen MR) is 104 cm³/mol. The summed E-state index contributed by atoms with van der Waals surface area (Å²) < 4.78 is 20.1. The number of carbonyl (C=O) groups excluding carboxylic acids is 1. The highest BCUT2D eigenvalue weighted by molar-refractivity contribution is 9.10. The van der Waals surface area contributed by atoms with E-state index in [-0.39, 0.29) is 17.9 Å². The standard InChI is InChI=1S/C21H17BrFNO3/c1-27-21(26)18-8-3-2-6-15(18)12-16-9-10-24(20(25)19(16)22)13-14-5-4-7-17(23)11-14/h2-11H,12-13H2,1H3. The van der Waals surface area contributed by atoms with Gasteiger partial charge in [-0.2, -0.15) is 0 Å². The molecule has 3 aromatic rings. The van der Waals surface area contributed by atoms with E-state index in [0.29, 0.717) is 22.0 Å². The van der Waals surface area contributed by atoms with E-state index in [1.165, 1.54) is 23.8 Å². The lowest BCUT2D eigenvalue weighted by atomic mass is 10.0. The van der Waals surface area contributed by atoms with Crippen LogP contribution in [-0.2, 0) is 17.7 Å². The molecule has 0 saturated carbocycles. The van der Waals surface area contributed by atoms with Crippen molar-refractivity contribution in [2.45, 2.75) is 13.0 Å². The van der Waals surface area contributed by atoms with Gasteiger partial charge < -0.3 is 9.30 Å². The van der Waals surface area contributed by atoms with Gasteiger partial charge in [0, 0.05) is 6.20 Å². The van der Waals surface area contributed by atoms with Crippen LogP contribution >= 0.6 is 15.9 Å². The van der Waals surface area contributed by atoms with Crippen molar-refractivity contribution >= 4 is 21.9 Å². The molecule has 0 N–H and O–H groups in total. The fourth-order valence-corrected chi connectivity index (χ4v) is 3.37. The maximum atomic E-state index is 13.4. The first-order chi connectivity index (χ1) is 13.0. The highest BCUT2D eigenvalue weighted by Gasteiger charge is 2.14. The molecule has 27 heavy (non-hydrogen) atoms. The van der Waals surface area contributed by atoms with Crippen LogP contribution < -0.4 is 5.56 Å². The van der Waals surface area contributed by atoms with Gasteiger partial charge in [-0.05, 0) is 63.3 Å². The van der Waals surface area contributed by atoms with Crippen LogP contribution in [0.3, 0.4) is 0 Å². The number of hydrogen-bond donors (Lipinski definition) is 0. The minimum absolute atomic E-state index is 0.215. The molecule has 0 radical (unpaired) electrons. The van der Waals surface area contributed by atoms with Crippen LogP contribution in [-0.4, -0.2) is 17.6 Å². The molecule has 4 nitrogen and oxygen atoms in total. The molecule has 0 aliphatic rings. The molecule has 0 atom stereocenters. The van der Waals surface area contributed by atoms with E-state index in [4.69, 9.17) is 4.74 Å². The lowest BCUT2D eigenvalue weighted by Gasteiger charge is -2.12. The second kappa shape index (κ2) is 8.31. The maximum Gasteiger partial charge on any atom is 0.338 e. The number of methoxy groups -OCH3 is 1. The molecule has 0 unspecified atom stereocenters. The SMILES string of the molecule is COC(=O)c1ccccc1Cc1ccn(Cc2cccc(F)c2)c(=O)c1Br. The number of aromatic nitrogens is 1. The van der Waals surface area contributed by atoms with Crippen LogP contribution in [0.5, 0.6) is 0 Å². The summed E-state index contributed by atoms with van der Waals surface area (Å²) in [6.45, 7) is 0.272. The number of hydrogen-bond acceptors (Lipinski definition) is 3. The summed E-state index contributed by atoms with van der Waals surface area (Å²) in [4.78, 5) is 24.6. The Balaban J connectivity index is 1.90. The highest BCUT2D eigenvalue weighted by Crippen LogP contribution is 2.20. The van der Waals surface area contributed by atoms with Crippen LogP contribution in [0.25, 0.3) is 0 Å². The molecule has 0 amide bonds. The third-order valence-corrected chi connectivity index (χ3v) is 5.08. The number of esters is 1. The fraction of sp³-hybridized carbons (Fsp3) is 0.143. The summed E-state index contributed by atoms with van der Waals surface area (Å²) in [5.74, 6) is -0.753. The Morgan fingerprint density at radius 2 is 1.89 bits per heavy atom. The third kappa shape index (κ3) is 4.34. The van der Waals surface area contributed by atoms with Crippen LogP contribution in [0.1, 0.15) is 27.0 Å². The Kier molecular flexibility index (Phi) is 5.86. The van der Waals surface area contributed by atoms with Gasteiger partial charge >= 0.3 is 5.97 Å². The van der Waals surface area contributed by atoms with Crippen molar-refractivity contribution in [3.8, 4) is 0 Å². The minimum Gasteiger partial charge on any atom is -0.465 e. The Labute approximate surface area is 164 Å². The average Bonchev–Trinajstić information content (AvgIpc) is 2.67. The molecule has 0 spiro atoms. The first-order valence-corrected chi connectivity index (χ1v) is 9.07. The topological polar surface area (TPSA) is 48.3 Å². The Hall–Kier alpha value is -2.73. The van der Waals surface area contributed by atoms with Gasteiger partial charge in [-0.15, -0.1) is 0 Å². The van der Waals surface area contributed by atoms with E-state index in [0.717, 1.165) is 11.1 Å². The fourth-order valence-electron chi connectivity index (χ4n) is 2.87. The molecule has 0 aliphatic heterocycles. The van der Waals surface area contributed by atoms with Crippen molar-refractivity contribution in [1.82, 2.24) is 4.57 Å². The molecule has 3 rings (SSSR count). The van der Waals surface area contributed by atoms with Crippen LogP contribution in [0.15, 0.2) is 70.1 Å². The largest absolute Gasteiger partial charge is 0.465 e. The van der Waals surface area contributed by atoms with E-state index in [9.17, 15) is 14.0 Å². The number of pyridine rings is 1. The van der Waals surface area contributed by atoms with Gasteiger partial charge in [0.1, 0.15) is 5.82 Å². The van der Waals surface area contributed by atoms with Gasteiger partial charge in [-0.3, -0.25) is 4.79 Å². The molecule has 0 bridgehead atoms. The zero-order valence-corrected chi connectivity index (χ0v) is 16.2. The molecule has 2 aromatic carbocycles. The molecule has 0 fully saturated rings. The number of rotatable bonds is 5. The second-order valence-corrected chi connectivity index (χ2v) is 6.84. The molecule has 138 valence electrons. The average molecular weight is 430 g/mol. The summed E-state index contributed by atoms with van der Waals surface area (Å²) in [6, 6.07) is 15.1. The zero-order valence-electron chi connectivity index (χ0n) is 14.6. The molecular weight excluding hydrogens is 413 g/mol. The molecule has 1 aromatic heterocycles. The zero-order chi connectivity index (χ0) is 19.4. The molecule has 6 heteroatoms. The molecule has 0 aliphatic carbocycles. The van der Waals surface area contributed by atoms with Crippen molar-refractivity contribution < 1.29 is 13.9 Å². The van der Waals surface area contributed by atoms with Crippen molar-refractivity contribution in [1.29, 1.82) is 0 Å². The normalized spacial score (nSPS) is 10.6. The van der Waals surface area contributed by atoms with E-state index >= 15 is 0 Å². The van der Waals surface area contributed by atoms with Crippen molar-refractivity contribution in [2.24, 2.45) is 0 Å². The van der Waals surface area contributed by atoms with E-state index in [1.807, 2.05) is 18.2 Å². The van der Waals surface area contributed by atoms with Gasteiger partial charge in [-0.1, -0.05) is 30.3 Å². The Bertz CT molecular complexity index is 1050. The lowest BCUT2D eigenvalue weighted by Crippen LogP contribution is -2.22. The summed E-state index contributed by atoms with van der Waals surface area (Å²) in [6.07, 6.45) is 2.08. The summed E-state index contributed by atoms with van der Waals surface area (Å²) in [5, 5.41) is 0. The quantitative estimate of drug-likeness (QED) is 0.571. The number of benzene rings is 2. The predicted octanol–water partition coefficient (Wildman–Crippen LogP) is 4.18. The van der Waals surface area contributed by atoms with E-state index < -0.39 is 5.97 Å². The first-order valence-electron chi connectivity index (χ1n) is 8.28. The van der Waals surface area contributed by atoms with Gasteiger partial charge in [-0.25, -0.2) is 9.18 Å². The van der Waals surface area contributed by atoms with Crippen molar-refractivity contribution in [3.63, 3.8) is 0 Å². The van der Waals surface area contributed by atoms with Crippen LogP contribution in [0.2, 0.25) is 0 Å². The van der Waals surface area contributed by atoms with Gasteiger partial charge in [0.15, 0.2) is 0 Å². The summed E-state index contributed by atoms with van der Waals surface area (Å²) in [7, 11) is 1.34. The third-order valence-electron chi connectivity index (χ3n) is 4.23. The molecule has 1 heterocycles. The summed E-state index contributed by atoms with van der Waals surface area (Å²) >= 11 is 3.37. The number of ether oxygens (including phenoxy) is 1. The monoisotopic (exact) mass is 429 g/mol. The number of nitrogens with zero attached hydrogens (tertiary/aromatic N) is 1. The number of halogens is 2. The van der Waals surface area contributed by atoms with Gasteiger partial charge in [0.25, 0.3) is 5.56 Å². The highest BCUT2D eigenvalue weighted by atomic mass is 79.9. The van der Waals surface area contributed by atoms with Crippen LogP contribution in [0, 0.1) is 5.82 Å². The van der Waals surface area contributed by atoms with Gasteiger partial charge in [0.2, 0.25) is 0 Å². The lowest BCUT2D eigenvalue weighted by molar-refractivity contribution is 0.0599. The Morgan fingerprint density at radius 3 is 2.63 bits per heavy atom. The van der Waals surface area contributed by atoms with Crippen molar-refractivity contribution in [3.05, 3.63) is 104 Å². The maximum absolute atomic E-state index is 13.4. The number of carbonyl (C=O) groups is 1. The minimum atomic E-state index is -0.416. The molecular formula is C21H17BrFNO3. The van der Waals surface area contributed by atoms with Crippen LogP contribution in [0.4, 0.5) is 4.39 Å². The second-order valence-electron chi connectivity index (χ2n) is 6.04. The smallest absolute Gasteiger partial charge is 0.338 e. The van der Waals surface area contributed by atoms with E-state index in [2.05, 4.69) is 15.9 Å².